The first-order valence-corrected chi connectivity index (χ1v) is 9.49. The van der Waals surface area contributed by atoms with Crippen molar-refractivity contribution in [3.63, 3.8) is 0 Å². The Balaban J connectivity index is 1.57. The first-order chi connectivity index (χ1) is 12.7. The average molecular weight is 353 g/mol. The lowest BCUT2D eigenvalue weighted by Gasteiger charge is -2.13. The molecule has 0 bridgehead atoms. The summed E-state index contributed by atoms with van der Waals surface area (Å²) in [5.74, 6) is 1.52. The van der Waals surface area contributed by atoms with E-state index in [1.807, 2.05) is 44.2 Å². The molecule has 0 spiro atoms. The quantitative estimate of drug-likeness (QED) is 0.782. The highest BCUT2D eigenvalue weighted by atomic mass is 16.5. The topological polar surface area (TPSA) is 47.6 Å². The zero-order valence-electron chi connectivity index (χ0n) is 15.6. The number of ether oxygens (including phenoxy) is 2. The van der Waals surface area contributed by atoms with Crippen molar-refractivity contribution in [1.29, 1.82) is 0 Å². The van der Waals surface area contributed by atoms with Crippen LogP contribution in [-0.4, -0.2) is 25.7 Å². The number of carbonyl (C=O) groups is 1. The Morgan fingerprint density at radius 1 is 0.962 bits per heavy atom. The van der Waals surface area contributed by atoms with Gasteiger partial charge in [-0.15, -0.1) is 0 Å². The maximum Gasteiger partial charge on any atom is 0.251 e. The predicted octanol–water partition coefficient (Wildman–Crippen LogP) is 3.95. The third kappa shape index (κ3) is 4.37. The maximum atomic E-state index is 12.4. The van der Waals surface area contributed by atoms with E-state index in [-0.39, 0.29) is 5.91 Å². The summed E-state index contributed by atoms with van der Waals surface area (Å²) in [4.78, 5) is 12.4. The summed E-state index contributed by atoms with van der Waals surface area (Å²) in [6.07, 6.45) is 4.17. The summed E-state index contributed by atoms with van der Waals surface area (Å²) in [6.45, 7) is 5.71. The lowest BCUT2D eigenvalue weighted by molar-refractivity contribution is 0.0954. The van der Waals surface area contributed by atoms with Gasteiger partial charge in [0.1, 0.15) is 0 Å². The van der Waals surface area contributed by atoms with Crippen LogP contribution in [0.25, 0.3) is 0 Å². The van der Waals surface area contributed by atoms with Gasteiger partial charge in [-0.25, -0.2) is 0 Å². The number of benzene rings is 2. The van der Waals surface area contributed by atoms with Crippen LogP contribution in [0.1, 0.15) is 47.3 Å². The van der Waals surface area contributed by atoms with Gasteiger partial charge in [0.15, 0.2) is 11.5 Å². The highest BCUT2D eigenvalue weighted by molar-refractivity contribution is 5.94. The van der Waals surface area contributed by atoms with Gasteiger partial charge in [-0.05, 0) is 80.5 Å². The van der Waals surface area contributed by atoms with Crippen LogP contribution in [-0.2, 0) is 19.3 Å². The normalized spacial score (nSPS) is 12.5. The zero-order valence-corrected chi connectivity index (χ0v) is 15.6. The van der Waals surface area contributed by atoms with Gasteiger partial charge in [0, 0.05) is 12.1 Å². The molecular formula is C22H27NO3. The van der Waals surface area contributed by atoms with Gasteiger partial charge in [0.25, 0.3) is 5.91 Å². The minimum Gasteiger partial charge on any atom is -0.490 e. The molecule has 0 aliphatic heterocycles. The van der Waals surface area contributed by atoms with E-state index < -0.39 is 0 Å². The van der Waals surface area contributed by atoms with Gasteiger partial charge in [-0.3, -0.25) is 4.79 Å². The molecule has 0 aromatic heterocycles. The summed E-state index contributed by atoms with van der Waals surface area (Å²) in [5, 5.41) is 3.02. The van der Waals surface area contributed by atoms with Gasteiger partial charge in [-0.2, -0.15) is 0 Å². The molecule has 0 heterocycles. The maximum absolute atomic E-state index is 12.4. The third-order valence-corrected chi connectivity index (χ3v) is 4.67. The van der Waals surface area contributed by atoms with Crippen molar-refractivity contribution in [2.24, 2.45) is 0 Å². The zero-order chi connectivity index (χ0) is 18.4. The molecule has 2 aromatic rings. The van der Waals surface area contributed by atoms with E-state index in [2.05, 4.69) is 11.4 Å². The standard InChI is InChI=1S/C22H27NO3/c1-3-25-20-11-8-16(14-21(20)26-4-2)12-13-23-22(24)19-10-9-17-6-5-7-18(17)15-19/h8-11,14-15H,3-7,12-13H2,1-2H3,(H,23,24). The number of carbonyl (C=O) groups excluding carboxylic acids is 1. The summed E-state index contributed by atoms with van der Waals surface area (Å²) >= 11 is 0. The number of amides is 1. The molecule has 0 saturated heterocycles. The minimum atomic E-state index is -0.00401. The lowest BCUT2D eigenvalue weighted by atomic mass is 10.1. The SMILES string of the molecule is CCOc1ccc(CCNC(=O)c2ccc3c(c2)CCC3)cc1OCC. The Kier molecular flexibility index (Phi) is 6.16. The molecule has 1 N–H and O–H groups in total. The highest BCUT2D eigenvalue weighted by Gasteiger charge is 2.14. The number of rotatable bonds is 8. The molecule has 0 atom stereocenters. The van der Waals surface area contributed by atoms with Crippen molar-refractivity contribution in [3.05, 3.63) is 58.7 Å². The fraction of sp³-hybridized carbons (Fsp3) is 0.409. The number of nitrogens with one attached hydrogen (secondary N) is 1. The van der Waals surface area contributed by atoms with Crippen LogP contribution in [0.15, 0.2) is 36.4 Å². The molecule has 1 aliphatic carbocycles. The second-order valence-electron chi connectivity index (χ2n) is 6.49. The Morgan fingerprint density at radius 2 is 1.73 bits per heavy atom. The van der Waals surface area contributed by atoms with Crippen molar-refractivity contribution < 1.29 is 14.3 Å². The largest absolute Gasteiger partial charge is 0.490 e. The van der Waals surface area contributed by atoms with Crippen LogP contribution in [0.4, 0.5) is 0 Å². The van der Waals surface area contributed by atoms with E-state index in [0.29, 0.717) is 19.8 Å². The molecule has 0 saturated carbocycles. The van der Waals surface area contributed by atoms with Crippen LogP contribution < -0.4 is 14.8 Å². The van der Waals surface area contributed by atoms with Crippen molar-refractivity contribution >= 4 is 5.91 Å². The minimum absolute atomic E-state index is 0.00401. The van der Waals surface area contributed by atoms with E-state index in [9.17, 15) is 4.79 Å². The fourth-order valence-corrected chi connectivity index (χ4v) is 3.39. The summed E-state index contributed by atoms with van der Waals surface area (Å²) in [7, 11) is 0. The van der Waals surface area contributed by atoms with Gasteiger partial charge < -0.3 is 14.8 Å². The van der Waals surface area contributed by atoms with Gasteiger partial charge in [0.2, 0.25) is 0 Å². The average Bonchev–Trinajstić information content (AvgIpc) is 3.12. The van der Waals surface area contributed by atoms with E-state index in [1.165, 1.54) is 17.5 Å². The Morgan fingerprint density at radius 3 is 2.54 bits per heavy atom. The predicted molar refractivity (Wildman–Crippen MR) is 103 cm³/mol. The van der Waals surface area contributed by atoms with Crippen molar-refractivity contribution in [2.75, 3.05) is 19.8 Å². The summed E-state index contributed by atoms with van der Waals surface area (Å²) < 4.78 is 11.2. The Hall–Kier alpha value is -2.49. The Labute approximate surface area is 155 Å². The molecule has 138 valence electrons. The number of aryl methyl sites for hydroxylation is 2. The van der Waals surface area contributed by atoms with E-state index in [1.54, 1.807) is 0 Å². The van der Waals surface area contributed by atoms with E-state index in [0.717, 1.165) is 41.9 Å². The molecule has 0 radical (unpaired) electrons. The molecular weight excluding hydrogens is 326 g/mol. The summed E-state index contributed by atoms with van der Waals surface area (Å²) in [6, 6.07) is 12.0. The molecule has 3 rings (SSSR count). The van der Waals surface area contributed by atoms with Crippen molar-refractivity contribution in [3.8, 4) is 11.5 Å². The molecule has 0 unspecified atom stereocenters. The van der Waals surface area contributed by atoms with Crippen molar-refractivity contribution in [2.45, 2.75) is 39.5 Å². The highest BCUT2D eigenvalue weighted by Crippen LogP contribution is 2.28. The van der Waals surface area contributed by atoms with Crippen LogP contribution in [0.3, 0.4) is 0 Å². The van der Waals surface area contributed by atoms with Gasteiger partial charge in [-0.1, -0.05) is 12.1 Å². The molecule has 0 fully saturated rings. The molecule has 2 aromatic carbocycles. The van der Waals surface area contributed by atoms with Crippen LogP contribution in [0.2, 0.25) is 0 Å². The molecule has 1 aliphatic rings. The monoisotopic (exact) mass is 353 g/mol. The van der Waals surface area contributed by atoms with Gasteiger partial charge in [0.05, 0.1) is 13.2 Å². The first kappa shape index (κ1) is 18.3. The van der Waals surface area contributed by atoms with E-state index in [4.69, 9.17) is 9.47 Å². The third-order valence-electron chi connectivity index (χ3n) is 4.67. The van der Waals surface area contributed by atoms with Crippen LogP contribution in [0, 0.1) is 0 Å². The number of hydrogen-bond acceptors (Lipinski definition) is 3. The van der Waals surface area contributed by atoms with Gasteiger partial charge >= 0.3 is 0 Å². The molecule has 26 heavy (non-hydrogen) atoms. The van der Waals surface area contributed by atoms with Crippen LogP contribution in [0.5, 0.6) is 11.5 Å². The van der Waals surface area contributed by atoms with Crippen LogP contribution >= 0.6 is 0 Å². The number of fused-ring (bicyclic) bond motifs is 1. The first-order valence-electron chi connectivity index (χ1n) is 9.49. The molecule has 4 nitrogen and oxygen atoms in total. The number of hydrogen-bond donors (Lipinski definition) is 1. The van der Waals surface area contributed by atoms with E-state index >= 15 is 0 Å². The smallest absolute Gasteiger partial charge is 0.251 e. The Bertz CT molecular complexity index is 770. The molecule has 4 heteroatoms. The summed E-state index contributed by atoms with van der Waals surface area (Å²) in [5.41, 5.74) is 4.59. The fourth-order valence-electron chi connectivity index (χ4n) is 3.39. The lowest BCUT2D eigenvalue weighted by Crippen LogP contribution is -2.25. The molecule has 1 amide bonds. The second-order valence-corrected chi connectivity index (χ2v) is 6.49. The van der Waals surface area contributed by atoms with Crippen molar-refractivity contribution in [1.82, 2.24) is 5.32 Å². The second kappa shape index (κ2) is 8.75.